The third kappa shape index (κ3) is 3.23. The van der Waals surface area contributed by atoms with E-state index in [0.717, 1.165) is 11.3 Å². The number of amides is 1. The second-order valence-corrected chi connectivity index (χ2v) is 7.60. The molecule has 0 saturated heterocycles. The summed E-state index contributed by atoms with van der Waals surface area (Å²) in [4.78, 5) is 33.2. The van der Waals surface area contributed by atoms with Crippen molar-refractivity contribution in [2.75, 3.05) is 11.9 Å². The Bertz CT molecular complexity index is 1200. The Morgan fingerprint density at radius 3 is 2.39 bits per heavy atom. The van der Waals surface area contributed by atoms with Gasteiger partial charge in [-0.3, -0.25) is 14.2 Å². The number of carbonyl (C=O) groups excluding carboxylic acids is 1. The number of aromatic nitrogens is 2. The fourth-order valence-corrected chi connectivity index (χ4v) is 4.29. The molecule has 0 bridgehead atoms. The molecule has 0 aliphatic rings. The van der Waals surface area contributed by atoms with Crippen LogP contribution in [0, 0.1) is 6.92 Å². The first-order chi connectivity index (χ1) is 13.6. The van der Waals surface area contributed by atoms with Gasteiger partial charge in [0.15, 0.2) is 0 Å². The maximum absolute atomic E-state index is 13.0. The predicted octanol–water partition coefficient (Wildman–Crippen LogP) is 4.09. The van der Waals surface area contributed by atoms with E-state index in [1.807, 2.05) is 67.6 Å². The average Bonchev–Trinajstić information content (AvgIpc) is 3.07. The number of hydrogen-bond acceptors (Lipinski definition) is 4. The lowest BCUT2D eigenvalue weighted by atomic mass is 10.2. The third-order valence-corrected chi connectivity index (χ3v) is 5.94. The molecule has 0 atom stereocenters. The van der Waals surface area contributed by atoms with Crippen molar-refractivity contribution in [3.05, 3.63) is 93.3 Å². The second-order valence-electron chi connectivity index (χ2n) is 6.60. The highest BCUT2D eigenvalue weighted by Gasteiger charge is 2.22. The molecule has 5 nitrogen and oxygen atoms in total. The standard InChI is InChI=1S/C22H19N3O2S/c1-15-18-20(23-14-25(21(18)26)13-16-9-5-3-6-10-16)28-19(15)22(27)24(2)17-11-7-4-8-12-17/h3-12,14H,13H2,1-2H3. The molecule has 0 aliphatic carbocycles. The lowest BCUT2D eigenvalue weighted by Gasteiger charge is -2.16. The zero-order valence-electron chi connectivity index (χ0n) is 15.6. The molecule has 6 heteroatoms. The molecule has 0 fully saturated rings. The molecule has 0 spiro atoms. The van der Waals surface area contributed by atoms with E-state index in [2.05, 4.69) is 4.98 Å². The summed E-state index contributed by atoms with van der Waals surface area (Å²) in [6.45, 7) is 2.27. The lowest BCUT2D eigenvalue weighted by Crippen LogP contribution is -2.26. The minimum Gasteiger partial charge on any atom is -0.311 e. The van der Waals surface area contributed by atoms with Gasteiger partial charge in [0, 0.05) is 12.7 Å². The quantitative estimate of drug-likeness (QED) is 0.528. The minimum absolute atomic E-state index is 0.121. The Hall–Kier alpha value is -3.25. The second kappa shape index (κ2) is 7.40. The number of nitrogens with zero attached hydrogens (tertiary/aromatic N) is 3. The van der Waals surface area contributed by atoms with Gasteiger partial charge in [-0.2, -0.15) is 0 Å². The topological polar surface area (TPSA) is 55.2 Å². The number of para-hydroxylation sites is 1. The largest absolute Gasteiger partial charge is 0.311 e. The summed E-state index contributed by atoms with van der Waals surface area (Å²) in [6.07, 6.45) is 1.56. The van der Waals surface area contributed by atoms with E-state index in [4.69, 9.17) is 0 Å². The van der Waals surface area contributed by atoms with Crippen molar-refractivity contribution < 1.29 is 4.79 Å². The maximum atomic E-state index is 13.0. The highest BCUT2D eigenvalue weighted by Crippen LogP contribution is 2.29. The molecule has 0 saturated carbocycles. The lowest BCUT2D eigenvalue weighted by molar-refractivity contribution is 0.0996. The number of fused-ring (bicyclic) bond motifs is 1. The van der Waals surface area contributed by atoms with Crippen LogP contribution in [0.4, 0.5) is 5.69 Å². The number of carbonyl (C=O) groups is 1. The Balaban J connectivity index is 1.74. The minimum atomic E-state index is -0.138. The van der Waals surface area contributed by atoms with E-state index in [9.17, 15) is 9.59 Å². The van der Waals surface area contributed by atoms with Crippen LogP contribution in [0.25, 0.3) is 10.2 Å². The first-order valence-electron chi connectivity index (χ1n) is 8.92. The molecule has 0 radical (unpaired) electrons. The molecule has 140 valence electrons. The van der Waals surface area contributed by atoms with Crippen molar-refractivity contribution in [1.82, 2.24) is 9.55 Å². The normalized spacial score (nSPS) is 10.9. The van der Waals surface area contributed by atoms with Crippen molar-refractivity contribution in [1.29, 1.82) is 0 Å². The molecule has 2 aromatic carbocycles. The number of rotatable bonds is 4. The first-order valence-corrected chi connectivity index (χ1v) is 9.73. The first kappa shape index (κ1) is 18.1. The van der Waals surface area contributed by atoms with E-state index in [0.29, 0.717) is 27.2 Å². The summed E-state index contributed by atoms with van der Waals surface area (Å²) < 4.78 is 1.59. The van der Waals surface area contributed by atoms with Gasteiger partial charge >= 0.3 is 0 Å². The van der Waals surface area contributed by atoms with Crippen LogP contribution in [0.2, 0.25) is 0 Å². The van der Waals surface area contributed by atoms with E-state index in [1.165, 1.54) is 11.3 Å². The summed E-state index contributed by atoms with van der Waals surface area (Å²) in [7, 11) is 1.74. The Labute approximate surface area is 166 Å². The monoisotopic (exact) mass is 389 g/mol. The SMILES string of the molecule is Cc1c(C(=O)N(C)c2ccccc2)sc2ncn(Cc3ccccc3)c(=O)c12. The van der Waals surface area contributed by atoms with Crippen LogP contribution in [0.1, 0.15) is 20.8 Å². The highest BCUT2D eigenvalue weighted by atomic mass is 32.1. The van der Waals surface area contributed by atoms with Crippen LogP contribution in [0.3, 0.4) is 0 Å². The van der Waals surface area contributed by atoms with Crippen molar-refractivity contribution in [2.24, 2.45) is 0 Å². The van der Waals surface area contributed by atoms with E-state index in [1.54, 1.807) is 22.8 Å². The van der Waals surface area contributed by atoms with Crippen LogP contribution in [-0.2, 0) is 6.54 Å². The van der Waals surface area contributed by atoms with E-state index >= 15 is 0 Å². The molecule has 0 aliphatic heterocycles. The van der Waals surface area contributed by atoms with Gasteiger partial charge in [-0.15, -0.1) is 11.3 Å². The Morgan fingerprint density at radius 2 is 1.71 bits per heavy atom. The van der Waals surface area contributed by atoms with Gasteiger partial charge in [0.2, 0.25) is 0 Å². The molecule has 0 N–H and O–H groups in total. The van der Waals surface area contributed by atoms with Gasteiger partial charge < -0.3 is 4.90 Å². The molecule has 2 heterocycles. The van der Waals surface area contributed by atoms with Crippen molar-refractivity contribution in [3.63, 3.8) is 0 Å². The van der Waals surface area contributed by atoms with Crippen molar-refractivity contribution in [3.8, 4) is 0 Å². The number of thiophene rings is 1. The molecular formula is C22H19N3O2S. The molecular weight excluding hydrogens is 370 g/mol. The fraction of sp³-hybridized carbons (Fsp3) is 0.136. The number of aryl methyl sites for hydroxylation is 1. The van der Waals surface area contributed by atoms with Crippen LogP contribution < -0.4 is 10.5 Å². The third-order valence-electron chi connectivity index (χ3n) is 4.76. The van der Waals surface area contributed by atoms with Crippen LogP contribution in [0.5, 0.6) is 0 Å². The van der Waals surface area contributed by atoms with E-state index < -0.39 is 0 Å². The Kier molecular flexibility index (Phi) is 4.79. The summed E-state index contributed by atoms with van der Waals surface area (Å²) >= 11 is 1.27. The van der Waals surface area contributed by atoms with E-state index in [-0.39, 0.29) is 11.5 Å². The van der Waals surface area contributed by atoms with Gasteiger partial charge in [-0.05, 0) is 30.2 Å². The van der Waals surface area contributed by atoms with Crippen molar-refractivity contribution >= 4 is 33.1 Å². The summed E-state index contributed by atoms with van der Waals surface area (Å²) in [5, 5.41) is 0.522. The summed E-state index contributed by atoms with van der Waals surface area (Å²) in [5.41, 5.74) is 2.40. The van der Waals surface area contributed by atoms with Gasteiger partial charge in [0.1, 0.15) is 4.83 Å². The fourth-order valence-electron chi connectivity index (χ4n) is 3.18. The molecule has 28 heavy (non-hydrogen) atoms. The Morgan fingerprint density at radius 1 is 1.07 bits per heavy atom. The molecule has 2 aromatic heterocycles. The molecule has 0 unspecified atom stereocenters. The number of benzene rings is 2. The number of anilines is 1. The smallest absolute Gasteiger partial charge is 0.268 e. The number of hydrogen-bond donors (Lipinski definition) is 0. The molecule has 1 amide bonds. The molecule has 4 rings (SSSR count). The van der Waals surface area contributed by atoms with Crippen LogP contribution in [-0.4, -0.2) is 22.5 Å². The summed E-state index contributed by atoms with van der Waals surface area (Å²) in [5.74, 6) is -0.138. The zero-order valence-corrected chi connectivity index (χ0v) is 16.4. The van der Waals surface area contributed by atoms with Gasteiger partial charge in [-0.1, -0.05) is 48.5 Å². The van der Waals surface area contributed by atoms with Crippen LogP contribution >= 0.6 is 11.3 Å². The zero-order chi connectivity index (χ0) is 19.7. The highest BCUT2D eigenvalue weighted by molar-refractivity contribution is 7.20. The van der Waals surface area contributed by atoms with Crippen molar-refractivity contribution in [2.45, 2.75) is 13.5 Å². The maximum Gasteiger partial charge on any atom is 0.268 e. The van der Waals surface area contributed by atoms with Gasteiger partial charge in [0.05, 0.1) is 23.1 Å². The van der Waals surface area contributed by atoms with Gasteiger partial charge in [0.25, 0.3) is 11.5 Å². The van der Waals surface area contributed by atoms with Crippen LogP contribution in [0.15, 0.2) is 71.8 Å². The average molecular weight is 389 g/mol. The van der Waals surface area contributed by atoms with Gasteiger partial charge in [-0.25, -0.2) is 4.98 Å². The predicted molar refractivity (Wildman–Crippen MR) is 113 cm³/mol. The summed E-state index contributed by atoms with van der Waals surface area (Å²) in [6, 6.07) is 19.2. The molecule has 4 aromatic rings.